The third kappa shape index (κ3) is 11.2. The first kappa shape index (κ1) is 47.2. The smallest absolute Gasteiger partial charge is 0.309 e. The molecule has 4 aliphatic rings. The Kier molecular flexibility index (Phi) is 15.8. The summed E-state index contributed by atoms with van der Waals surface area (Å²) >= 11 is 0. The molecule has 4 aliphatic carbocycles. The molecule has 6 atom stereocenters. The summed E-state index contributed by atoms with van der Waals surface area (Å²) in [4.78, 5) is 14.1. The van der Waals surface area contributed by atoms with Gasteiger partial charge in [0.05, 0.1) is 23.7 Å². The number of rotatable bonds is 14. The van der Waals surface area contributed by atoms with Crippen molar-refractivity contribution in [1.82, 2.24) is 0 Å². The summed E-state index contributed by atoms with van der Waals surface area (Å²) in [6.45, 7) is 35.8. The third-order valence-corrected chi connectivity index (χ3v) is 30.2. The SMILES string of the molecule is CC[Si](CC)(CC)OC1(COC(=O)[C@@H](C)[C@H]2CC[C@H]3/C(=C/C=C4C[C@@H](O[Si](C)(C)C(C)(C)C)C[C@H](O[Si](C)(C)C(C)(C)C)C4)CCC[C@]23C)CCCCCC1. The second-order valence-electron chi connectivity index (χ2n) is 22.1. The number of hydrogen-bond acceptors (Lipinski definition) is 5. The minimum absolute atomic E-state index is 0.0110. The first-order valence-corrected chi connectivity index (χ1v) is 31.4. The van der Waals surface area contributed by atoms with Gasteiger partial charge in [-0.05, 0) is 136 Å². The lowest BCUT2D eigenvalue weighted by molar-refractivity contribution is -0.159. The number of ether oxygens (including phenoxy) is 1. The average Bonchev–Trinajstić information content (AvgIpc) is 3.29. The van der Waals surface area contributed by atoms with E-state index in [1.807, 2.05) is 0 Å². The minimum Gasteiger partial charge on any atom is -0.462 e. The van der Waals surface area contributed by atoms with Crippen molar-refractivity contribution in [1.29, 1.82) is 0 Å². The van der Waals surface area contributed by atoms with Gasteiger partial charge < -0.3 is 18.0 Å². The molecule has 0 amide bonds. The normalized spacial score (nSPS) is 29.8. The van der Waals surface area contributed by atoms with Crippen LogP contribution in [0, 0.1) is 23.2 Å². The fourth-order valence-corrected chi connectivity index (χ4v) is 16.4. The molecule has 55 heavy (non-hydrogen) atoms. The van der Waals surface area contributed by atoms with Crippen molar-refractivity contribution in [2.24, 2.45) is 23.2 Å². The van der Waals surface area contributed by atoms with Crippen LogP contribution in [0.4, 0.5) is 0 Å². The predicted molar refractivity (Wildman–Crippen MR) is 241 cm³/mol. The van der Waals surface area contributed by atoms with Crippen molar-refractivity contribution in [2.45, 2.75) is 238 Å². The van der Waals surface area contributed by atoms with Crippen LogP contribution in [0.25, 0.3) is 0 Å². The fourth-order valence-electron chi connectivity index (χ4n) is 10.5. The molecule has 0 saturated heterocycles. The number of carbonyl (C=O) groups excluding carboxylic acids is 1. The van der Waals surface area contributed by atoms with E-state index < -0.39 is 25.0 Å². The molecule has 0 aromatic rings. The van der Waals surface area contributed by atoms with E-state index in [2.05, 4.69) is 115 Å². The maximum absolute atomic E-state index is 14.1. The van der Waals surface area contributed by atoms with Crippen molar-refractivity contribution in [3.05, 3.63) is 23.3 Å². The summed E-state index contributed by atoms with van der Waals surface area (Å²) in [6, 6.07) is 3.41. The van der Waals surface area contributed by atoms with Gasteiger partial charge in [-0.1, -0.05) is 125 Å². The van der Waals surface area contributed by atoms with Gasteiger partial charge in [0.1, 0.15) is 6.61 Å². The lowest BCUT2D eigenvalue weighted by Gasteiger charge is -2.45. The third-order valence-electron chi connectivity index (χ3n) is 16.4. The Morgan fingerprint density at radius 2 is 1.31 bits per heavy atom. The van der Waals surface area contributed by atoms with Crippen LogP contribution >= 0.6 is 0 Å². The molecule has 0 aromatic carbocycles. The van der Waals surface area contributed by atoms with Crippen LogP contribution in [0.2, 0.25) is 54.4 Å². The van der Waals surface area contributed by atoms with Crippen molar-refractivity contribution in [3.63, 3.8) is 0 Å². The maximum atomic E-state index is 14.1. The maximum Gasteiger partial charge on any atom is 0.309 e. The molecule has 0 radical (unpaired) electrons. The van der Waals surface area contributed by atoms with Crippen molar-refractivity contribution in [2.75, 3.05) is 6.61 Å². The molecule has 4 rings (SSSR count). The summed E-state index contributed by atoms with van der Waals surface area (Å²) in [6.07, 6.45) is 21.2. The average molecular weight is 817 g/mol. The van der Waals surface area contributed by atoms with E-state index >= 15 is 0 Å². The summed E-state index contributed by atoms with van der Waals surface area (Å²) in [5, 5.41) is 0.358. The van der Waals surface area contributed by atoms with E-state index in [4.69, 9.17) is 18.0 Å². The first-order valence-electron chi connectivity index (χ1n) is 23.1. The van der Waals surface area contributed by atoms with Gasteiger partial charge in [0.25, 0.3) is 0 Å². The van der Waals surface area contributed by atoms with Gasteiger partial charge in [0.15, 0.2) is 25.0 Å². The van der Waals surface area contributed by atoms with Crippen LogP contribution in [-0.4, -0.2) is 55.3 Å². The molecule has 0 unspecified atom stereocenters. The summed E-state index contributed by atoms with van der Waals surface area (Å²) < 4.78 is 27.9. The first-order chi connectivity index (χ1) is 25.5. The lowest BCUT2D eigenvalue weighted by Crippen LogP contribution is -2.50. The van der Waals surface area contributed by atoms with Gasteiger partial charge in [0, 0.05) is 0 Å². The number of carbonyl (C=O) groups is 1. The Balaban J connectivity index is 1.51. The fraction of sp³-hybridized carbons (Fsp3) is 0.894. The molecule has 0 N–H and O–H groups in total. The summed E-state index contributed by atoms with van der Waals surface area (Å²) in [5.41, 5.74) is 2.92. The number of allylic oxidation sites excluding steroid dienone is 3. The van der Waals surface area contributed by atoms with E-state index in [1.165, 1.54) is 56.9 Å². The Morgan fingerprint density at radius 1 is 0.782 bits per heavy atom. The standard InChI is InChI=1S/C47H88O5Si3/c1-16-55(17-2,18-3)52-47(30-21-19-20-22-31-47)35-49-43(48)36(4)41-27-28-42-38(24-23-29-46(41,42)11)26-25-37-32-39(50-53(12,13)44(5,6)7)34-40(33-37)51-54(14,15)45(8,9)10/h25-26,36,39-42H,16-24,27-35H2,1-15H3/b38-26+/t36-,39+,40+,41+,42-,46+/m0/s1. The minimum atomic E-state index is -1.93. The molecule has 0 spiro atoms. The van der Waals surface area contributed by atoms with Crippen molar-refractivity contribution >= 4 is 30.9 Å². The number of fused-ring (bicyclic) bond motifs is 1. The quantitative estimate of drug-likeness (QED) is 0.0993. The van der Waals surface area contributed by atoms with E-state index in [9.17, 15) is 4.79 Å². The zero-order valence-electron chi connectivity index (χ0n) is 38.8. The summed E-state index contributed by atoms with van der Waals surface area (Å²) in [5.74, 6) is 0.794. The topological polar surface area (TPSA) is 54.0 Å². The van der Waals surface area contributed by atoms with Gasteiger partial charge in [0.2, 0.25) is 0 Å². The molecule has 4 fully saturated rings. The molecule has 0 heterocycles. The van der Waals surface area contributed by atoms with E-state index in [0.29, 0.717) is 18.4 Å². The van der Waals surface area contributed by atoms with Crippen molar-refractivity contribution in [3.8, 4) is 0 Å². The molecule has 5 nitrogen and oxygen atoms in total. The predicted octanol–water partition coefficient (Wildman–Crippen LogP) is 14.3. The van der Waals surface area contributed by atoms with E-state index in [1.54, 1.807) is 5.57 Å². The Bertz CT molecular complexity index is 1280. The van der Waals surface area contributed by atoms with E-state index in [-0.39, 0.29) is 45.2 Å². The van der Waals surface area contributed by atoms with Crippen LogP contribution in [0.3, 0.4) is 0 Å². The largest absolute Gasteiger partial charge is 0.462 e. The Morgan fingerprint density at radius 3 is 1.80 bits per heavy atom. The Labute approximate surface area is 343 Å². The Hall–Kier alpha value is -0.519. The summed E-state index contributed by atoms with van der Waals surface area (Å²) in [7, 11) is -5.70. The molecular formula is C47H88O5Si3. The van der Waals surface area contributed by atoms with Crippen molar-refractivity contribution < 1.29 is 22.8 Å². The van der Waals surface area contributed by atoms with Gasteiger partial charge in [-0.25, -0.2) is 0 Å². The highest BCUT2D eigenvalue weighted by Crippen LogP contribution is 2.59. The number of esters is 1. The van der Waals surface area contributed by atoms with Crippen LogP contribution in [-0.2, 0) is 22.8 Å². The van der Waals surface area contributed by atoms with Crippen LogP contribution in [0.15, 0.2) is 23.3 Å². The monoisotopic (exact) mass is 817 g/mol. The van der Waals surface area contributed by atoms with Gasteiger partial charge in [-0.2, -0.15) is 0 Å². The van der Waals surface area contributed by atoms with Gasteiger partial charge >= 0.3 is 5.97 Å². The molecule has 318 valence electrons. The molecule has 0 aromatic heterocycles. The molecular weight excluding hydrogens is 729 g/mol. The highest BCUT2D eigenvalue weighted by atomic mass is 28.4. The zero-order chi connectivity index (χ0) is 41.1. The van der Waals surface area contributed by atoms with E-state index in [0.717, 1.165) is 56.7 Å². The second-order valence-corrected chi connectivity index (χ2v) is 36.4. The number of hydrogen-bond donors (Lipinski definition) is 0. The lowest BCUT2D eigenvalue weighted by atomic mass is 9.61. The van der Waals surface area contributed by atoms with Crippen LogP contribution in [0.1, 0.15) is 166 Å². The second kappa shape index (κ2) is 18.4. The van der Waals surface area contributed by atoms with Gasteiger partial charge in [-0.15, -0.1) is 0 Å². The highest BCUT2D eigenvalue weighted by molar-refractivity contribution is 6.74. The van der Waals surface area contributed by atoms with Crippen LogP contribution < -0.4 is 0 Å². The molecule has 8 heteroatoms. The van der Waals surface area contributed by atoms with Crippen LogP contribution in [0.5, 0.6) is 0 Å². The van der Waals surface area contributed by atoms with Gasteiger partial charge in [-0.3, -0.25) is 4.79 Å². The molecule has 0 aliphatic heterocycles. The zero-order valence-corrected chi connectivity index (χ0v) is 41.8. The molecule has 4 saturated carbocycles. The molecule has 0 bridgehead atoms. The highest BCUT2D eigenvalue weighted by Gasteiger charge is 2.53.